The van der Waals surface area contributed by atoms with Gasteiger partial charge < -0.3 is 15.0 Å². The first kappa shape index (κ1) is 11.3. The molecule has 0 spiro atoms. The van der Waals surface area contributed by atoms with Crippen molar-refractivity contribution in [1.29, 1.82) is 0 Å². The van der Waals surface area contributed by atoms with Crippen LogP contribution < -0.4 is 5.73 Å². The lowest BCUT2D eigenvalue weighted by atomic mass is 10.1. The number of hydrogen-bond donors (Lipinski definition) is 1. The largest absolute Gasteiger partial charge is 0.379 e. The van der Waals surface area contributed by atoms with Crippen LogP contribution in [0.3, 0.4) is 0 Å². The molecule has 17 heavy (non-hydrogen) atoms. The zero-order valence-electron chi connectivity index (χ0n) is 8.80. The number of nitrogens with zero attached hydrogens (tertiary/aromatic N) is 2. The van der Waals surface area contributed by atoms with Crippen molar-refractivity contribution in [3.8, 4) is 10.7 Å². The molecule has 2 aromatic heterocycles. The van der Waals surface area contributed by atoms with Crippen LogP contribution in [0.4, 0.5) is 0 Å². The van der Waals surface area contributed by atoms with E-state index in [-0.39, 0.29) is 12.0 Å². The zero-order chi connectivity index (χ0) is 11.8. The van der Waals surface area contributed by atoms with Crippen molar-refractivity contribution >= 4 is 27.3 Å². The molecule has 0 aromatic carbocycles. The van der Waals surface area contributed by atoms with E-state index in [9.17, 15) is 0 Å². The van der Waals surface area contributed by atoms with E-state index in [1.165, 1.54) is 0 Å². The molecular weight excluding hydrogens is 306 g/mol. The van der Waals surface area contributed by atoms with Crippen LogP contribution in [0.1, 0.15) is 11.8 Å². The van der Waals surface area contributed by atoms with Crippen molar-refractivity contribution in [1.82, 2.24) is 10.1 Å². The monoisotopic (exact) mass is 315 g/mol. The van der Waals surface area contributed by atoms with Gasteiger partial charge in [-0.3, -0.25) is 0 Å². The van der Waals surface area contributed by atoms with Crippen molar-refractivity contribution < 1.29 is 9.26 Å². The first-order chi connectivity index (χ1) is 8.24. The topological polar surface area (TPSA) is 74.2 Å². The molecule has 0 bridgehead atoms. The van der Waals surface area contributed by atoms with Gasteiger partial charge in [-0.2, -0.15) is 4.98 Å². The second-order valence-corrected chi connectivity index (χ2v) is 5.72. The Hall–Kier alpha value is -0.760. The molecule has 1 aliphatic rings. The van der Waals surface area contributed by atoms with Gasteiger partial charge in [-0.15, -0.1) is 11.3 Å². The van der Waals surface area contributed by atoms with Crippen molar-refractivity contribution in [2.24, 2.45) is 5.73 Å². The van der Waals surface area contributed by atoms with Crippen molar-refractivity contribution in [2.75, 3.05) is 13.2 Å². The Balaban J connectivity index is 1.87. The third-order valence-electron chi connectivity index (χ3n) is 2.67. The molecule has 5 nitrogen and oxygen atoms in total. The van der Waals surface area contributed by atoms with Gasteiger partial charge in [-0.05, 0) is 22.0 Å². The summed E-state index contributed by atoms with van der Waals surface area (Å²) in [5, 5.41) is 5.95. The van der Waals surface area contributed by atoms with Crippen LogP contribution in [0.2, 0.25) is 0 Å². The maximum atomic E-state index is 5.91. The van der Waals surface area contributed by atoms with Gasteiger partial charge in [0.05, 0.1) is 24.0 Å². The molecule has 0 saturated carbocycles. The fraction of sp³-hybridized carbons (Fsp3) is 0.400. The quantitative estimate of drug-likeness (QED) is 0.917. The van der Waals surface area contributed by atoms with Crippen LogP contribution in [0.25, 0.3) is 10.7 Å². The number of rotatable bonds is 2. The summed E-state index contributed by atoms with van der Waals surface area (Å²) in [6.45, 7) is 1.10. The van der Waals surface area contributed by atoms with Gasteiger partial charge in [0.25, 0.3) is 0 Å². The van der Waals surface area contributed by atoms with E-state index < -0.39 is 0 Å². The van der Waals surface area contributed by atoms with E-state index >= 15 is 0 Å². The Kier molecular flexibility index (Phi) is 2.99. The maximum absolute atomic E-state index is 5.91. The minimum atomic E-state index is -0.0571. The highest BCUT2D eigenvalue weighted by Crippen LogP contribution is 2.30. The molecule has 1 aliphatic heterocycles. The Morgan fingerprint density at radius 3 is 3.00 bits per heavy atom. The van der Waals surface area contributed by atoms with Crippen LogP contribution in [-0.4, -0.2) is 29.4 Å². The fourth-order valence-electron chi connectivity index (χ4n) is 1.74. The minimum absolute atomic E-state index is 0.0136. The van der Waals surface area contributed by atoms with Gasteiger partial charge >= 0.3 is 0 Å². The van der Waals surface area contributed by atoms with Crippen molar-refractivity contribution in [3.05, 3.63) is 21.8 Å². The van der Waals surface area contributed by atoms with Crippen LogP contribution >= 0.6 is 27.3 Å². The molecule has 2 unspecified atom stereocenters. The van der Waals surface area contributed by atoms with Gasteiger partial charge in [0.2, 0.25) is 11.7 Å². The zero-order valence-corrected chi connectivity index (χ0v) is 11.2. The fourth-order valence-corrected chi connectivity index (χ4v) is 3.09. The second kappa shape index (κ2) is 4.49. The Morgan fingerprint density at radius 2 is 2.35 bits per heavy atom. The molecule has 3 rings (SSSR count). The van der Waals surface area contributed by atoms with Gasteiger partial charge in [0, 0.05) is 15.9 Å². The highest BCUT2D eigenvalue weighted by molar-refractivity contribution is 9.10. The first-order valence-electron chi connectivity index (χ1n) is 5.15. The molecule has 3 heterocycles. The van der Waals surface area contributed by atoms with Gasteiger partial charge in [-0.1, -0.05) is 5.16 Å². The molecule has 90 valence electrons. The standard InChI is InChI=1S/C10H10BrN3O2S/c11-5-1-8(17-4-5)9-13-10(16-14-9)6-2-15-3-7(6)12/h1,4,6-7H,2-3,12H2. The molecule has 0 aliphatic carbocycles. The predicted octanol–water partition coefficient (Wildman–Crippen LogP) is 2.00. The number of ether oxygens (including phenoxy) is 1. The van der Waals surface area contributed by atoms with Gasteiger partial charge in [0.15, 0.2) is 0 Å². The van der Waals surface area contributed by atoms with Crippen LogP contribution in [-0.2, 0) is 4.74 Å². The predicted molar refractivity (Wildman–Crippen MR) is 66.8 cm³/mol. The summed E-state index contributed by atoms with van der Waals surface area (Å²) in [5.74, 6) is 1.18. The maximum Gasteiger partial charge on any atom is 0.234 e. The Bertz CT molecular complexity index is 527. The van der Waals surface area contributed by atoms with E-state index in [1.54, 1.807) is 11.3 Å². The number of aromatic nitrogens is 2. The summed E-state index contributed by atoms with van der Waals surface area (Å²) < 4.78 is 11.6. The smallest absolute Gasteiger partial charge is 0.234 e. The van der Waals surface area contributed by atoms with Gasteiger partial charge in [0.1, 0.15) is 0 Å². The highest BCUT2D eigenvalue weighted by Gasteiger charge is 2.31. The molecule has 0 amide bonds. The molecule has 7 heteroatoms. The number of nitrogens with two attached hydrogens (primary N) is 1. The van der Waals surface area contributed by atoms with Crippen molar-refractivity contribution in [2.45, 2.75) is 12.0 Å². The molecule has 2 N–H and O–H groups in total. The molecule has 1 fully saturated rings. The lowest BCUT2D eigenvalue weighted by Crippen LogP contribution is -2.26. The van der Waals surface area contributed by atoms with E-state index in [0.717, 1.165) is 9.35 Å². The highest BCUT2D eigenvalue weighted by atomic mass is 79.9. The first-order valence-corrected chi connectivity index (χ1v) is 6.82. The number of halogens is 1. The third kappa shape index (κ3) is 2.15. The number of thiophene rings is 1. The SMILES string of the molecule is NC1COCC1c1nc(-c2cc(Br)cs2)no1. The van der Waals surface area contributed by atoms with Crippen molar-refractivity contribution in [3.63, 3.8) is 0 Å². The van der Waals surface area contributed by atoms with E-state index in [4.69, 9.17) is 15.0 Å². The number of hydrogen-bond acceptors (Lipinski definition) is 6. The molecule has 1 saturated heterocycles. The summed E-state index contributed by atoms with van der Waals surface area (Å²) >= 11 is 4.96. The molecule has 0 radical (unpaired) electrons. The lowest BCUT2D eigenvalue weighted by Gasteiger charge is -2.05. The summed E-state index contributed by atoms with van der Waals surface area (Å²) in [5.41, 5.74) is 5.91. The second-order valence-electron chi connectivity index (χ2n) is 3.89. The third-order valence-corrected chi connectivity index (χ3v) is 4.36. The average Bonchev–Trinajstić information content (AvgIpc) is 2.97. The summed E-state index contributed by atoms with van der Waals surface area (Å²) in [7, 11) is 0. The summed E-state index contributed by atoms with van der Waals surface area (Å²) in [6.07, 6.45) is 0. The van der Waals surface area contributed by atoms with E-state index in [2.05, 4.69) is 26.1 Å². The summed E-state index contributed by atoms with van der Waals surface area (Å²) in [6, 6.07) is 1.91. The summed E-state index contributed by atoms with van der Waals surface area (Å²) in [4.78, 5) is 5.35. The van der Waals surface area contributed by atoms with Gasteiger partial charge in [-0.25, -0.2) is 0 Å². The van der Waals surface area contributed by atoms with Crippen LogP contribution in [0.15, 0.2) is 20.4 Å². The normalized spacial score (nSPS) is 24.4. The molecule has 2 atom stereocenters. The lowest BCUT2D eigenvalue weighted by molar-refractivity contribution is 0.187. The van der Waals surface area contributed by atoms with E-state index in [0.29, 0.717) is 24.9 Å². The Labute approximate surface area is 110 Å². The Morgan fingerprint density at radius 1 is 1.47 bits per heavy atom. The minimum Gasteiger partial charge on any atom is -0.379 e. The van der Waals surface area contributed by atoms with E-state index in [1.807, 2.05) is 11.4 Å². The van der Waals surface area contributed by atoms with Crippen LogP contribution in [0, 0.1) is 0 Å². The molecule has 2 aromatic rings. The van der Waals surface area contributed by atoms with Crippen LogP contribution in [0.5, 0.6) is 0 Å². The molecular formula is C10H10BrN3O2S. The average molecular weight is 316 g/mol.